The van der Waals surface area contributed by atoms with E-state index < -0.39 is 0 Å². The molecule has 0 amide bonds. The summed E-state index contributed by atoms with van der Waals surface area (Å²) in [5.41, 5.74) is 5.20. The predicted octanol–water partition coefficient (Wildman–Crippen LogP) is 2.74. The van der Waals surface area contributed by atoms with Crippen LogP contribution in [-0.2, 0) is 11.2 Å². The average Bonchev–Trinajstić information content (AvgIpc) is 2.59. The van der Waals surface area contributed by atoms with Crippen molar-refractivity contribution in [3.8, 4) is 0 Å². The fraction of sp³-hybridized carbons (Fsp3) is 0.688. The number of hydrazine groups is 1. The Labute approximate surface area is 122 Å². The minimum atomic E-state index is -0.200. The van der Waals surface area contributed by atoms with E-state index in [0.717, 1.165) is 12.8 Å². The highest BCUT2D eigenvalue weighted by molar-refractivity contribution is 5.28. The molecule has 20 heavy (non-hydrogen) atoms. The molecule has 112 valence electrons. The zero-order valence-corrected chi connectivity index (χ0v) is 13.2. The monoisotopic (exact) mass is 277 g/mol. The standard InChI is InChI=1S/C16H27N3O/c1-6-11-10-18-8-7-12(11)14(19-17)13-9-15(2,3)20-16(13,4)5/h7-8,10,13-14,19H,6,9,17H2,1-5H3. The van der Waals surface area contributed by atoms with Gasteiger partial charge in [0.05, 0.1) is 17.2 Å². The molecule has 0 aliphatic carbocycles. The van der Waals surface area contributed by atoms with Crippen LogP contribution in [0, 0.1) is 5.92 Å². The quantitative estimate of drug-likeness (QED) is 0.656. The lowest BCUT2D eigenvalue weighted by Crippen LogP contribution is -2.41. The highest BCUT2D eigenvalue weighted by Crippen LogP contribution is 2.47. The zero-order chi connectivity index (χ0) is 15.0. The largest absolute Gasteiger partial charge is 0.369 e. The summed E-state index contributed by atoms with van der Waals surface area (Å²) >= 11 is 0. The summed E-state index contributed by atoms with van der Waals surface area (Å²) in [6, 6.07) is 2.16. The second kappa shape index (κ2) is 5.43. The maximum absolute atomic E-state index is 6.22. The summed E-state index contributed by atoms with van der Waals surface area (Å²) in [5.74, 6) is 6.22. The first kappa shape index (κ1) is 15.4. The van der Waals surface area contributed by atoms with E-state index in [2.05, 4.69) is 51.1 Å². The Hall–Kier alpha value is -0.970. The third-order valence-corrected chi connectivity index (χ3v) is 4.38. The van der Waals surface area contributed by atoms with Crippen molar-refractivity contribution in [1.29, 1.82) is 0 Å². The van der Waals surface area contributed by atoms with Crippen LogP contribution in [-0.4, -0.2) is 16.2 Å². The maximum Gasteiger partial charge on any atom is 0.0681 e. The van der Waals surface area contributed by atoms with Gasteiger partial charge in [0.2, 0.25) is 0 Å². The van der Waals surface area contributed by atoms with E-state index in [9.17, 15) is 0 Å². The van der Waals surface area contributed by atoms with Gasteiger partial charge in [0.1, 0.15) is 0 Å². The lowest BCUT2D eigenvalue weighted by atomic mass is 9.78. The molecule has 2 atom stereocenters. The highest BCUT2D eigenvalue weighted by Gasteiger charge is 2.49. The van der Waals surface area contributed by atoms with Crippen LogP contribution in [0.3, 0.4) is 0 Å². The van der Waals surface area contributed by atoms with Gasteiger partial charge in [0, 0.05) is 18.3 Å². The Morgan fingerprint density at radius 2 is 2.15 bits per heavy atom. The van der Waals surface area contributed by atoms with Crippen LogP contribution in [0.4, 0.5) is 0 Å². The van der Waals surface area contributed by atoms with Gasteiger partial charge in [-0.05, 0) is 57.7 Å². The van der Waals surface area contributed by atoms with E-state index in [1.165, 1.54) is 11.1 Å². The van der Waals surface area contributed by atoms with Crippen LogP contribution in [0.15, 0.2) is 18.5 Å². The van der Waals surface area contributed by atoms with Crippen molar-refractivity contribution in [3.63, 3.8) is 0 Å². The Balaban J connectivity index is 2.38. The summed E-state index contributed by atoms with van der Waals surface area (Å²) in [5, 5.41) is 0. The number of ether oxygens (including phenoxy) is 1. The van der Waals surface area contributed by atoms with Gasteiger partial charge < -0.3 is 4.74 Å². The highest BCUT2D eigenvalue weighted by atomic mass is 16.5. The summed E-state index contributed by atoms with van der Waals surface area (Å²) in [6.45, 7) is 10.8. The second-order valence-corrected chi connectivity index (χ2v) is 6.85. The van der Waals surface area contributed by atoms with Crippen molar-refractivity contribution in [2.45, 2.75) is 64.7 Å². The molecule has 1 aliphatic rings. The molecule has 2 rings (SSSR count). The first-order valence-corrected chi connectivity index (χ1v) is 7.40. The minimum Gasteiger partial charge on any atom is -0.369 e. The molecule has 0 aromatic carbocycles. The number of nitrogens with one attached hydrogen (secondary N) is 1. The first-order chi connectivity index (χ1) is 9.30. The molecule has 1 saturated heterocycles. The third kappa shape index (κ3) is 2.87. The van der Waals surface area contributed by atoms with Crippen LogP contribution in [0.5, 0.6) is 0 Å². The summed E-state index contributed by atoms with van der Waals surface area (Å²) in [4.78, 5) is 4.22. The van der Waals surface area contributed by atoms with Gasteiger partial charge in [0.25, 0.3) is 0 Å². The molecule has 0 saturated carbocycles. The van der Waals surface area contributed by atoms with E-state index in [4.69, 9.17) is 10.6 Å². The number of nitrogens with two attached hydrogens (primary N) is 1. The molecule has 1 aliphatic heterocycles. The minimum absolute atomic E-state index is 0.0877. The smallest absolute Gasteiger partial charge is 0.0681 e. The Kier molecular flexibility index (Phi) is 4.19. The van der Waals surface area contributed by atoms with Gasteiger partial charge in [-0.1, -0.05) is 6.92 Å². The molecule has 0 bridgehead atoms. The Morgan fingerprint density at radius 1 is 1.45 bits per heavy atom. The van der Waals surface area contributed by atoms with Crippen molar-refractivity contribution >= 4 is 0 Å². The number of hydrogen-bond acceptors (Lipinski definition) is 4. The fourth-order valence-electron chi connectivity index (χ4n) is 3.58. The number of aryl methyl sites for hydroxylation is 1. The van der Waals surface area contributed by atoms with Crippen LogP contribution >= 0.6 is 0 Å². The lowest BCUT2D eigenvalue weighted by Gasteiger charge is -2.33. The van der Waals surface area contributed by atoms with Gasteiger partial charge in [0.15, 0.2) is 0 Å². The number of nitrogens with zero attached hydrogens (tertiary/aromatic N) is 1. The zero-order valence-electron chi connectivity index (χ0n) is 13.2. The van der Waals surface area contributed by atoms with Gasteiger partial charge >= 0.3 is 0 Å². The van der Waals surface area contributed by atoms with Gasteiger partial charge in [-0.25, -0.2) is 0 Å². The molecule has 2 heterocycles. The molecule has 0 spiro atoms. The second-order valence-electron chi connectivity index (χ2n) is 6.85. The van der Waals surface area contributed by atoms with Gasteiger partial charge in [-0.3, -0.25) is 16.3 Å². The van der Waals surface area contributed by atoms with Crippen LogP contribution < -0.4 is 11.3 Å². The van der Waals surface area contributed by atoms with Crippen molar-refractivity contribution in [2.75, 3.05) is 0 Å². The Bertz CT molecular complexity index is 471. The molecular weight excluding hydrogens is 250 g/mol. The molecule has 1 fully saturated rings. The average molecular weight is 277 g/mol. The normalized spacial score (nSPS) is 25.6. The number of rotatable bonds is 4. The Morgan fingerprint density at radius 3 is 2.65 bits per heavy atom. The van der Waals surface area contributed by atoms with E-state index in [1.807, 2.05) is 12.4 Å². The molecule has 0 radical (unpaired) electrons. The summed E-state index contributed by atoms with van der Waals surface area (Å²) in [7, 11) is 0. The maximum atomic E-state index is 6.22. The van der Waals surface area contributed by atoms with Crippen LogP contribution in [0.2, 0.25) is 0 Å². The summed E-state index contributed by atoms with van der Waals surface area (Å²) < 4.78 is 6.22. The SMILES string of the molecule is CCc1cnccc1C(NN)C1CC(C)(C)OC1(C)C. The van der Waals surface area contributed by atoms with Gasteiger partial charge in [-0.15, -0.1) is 0 Å². The van der Waals surface area contributed by atoms with E-state index in [0.29, 0.717) is 5.92 Å². The lowest BCUT2D eigenvalue weighted by molar-refractivity contribution is -0.0779. The van der Waals surface area contributed by atoms with E-state index in [1.54, 1.807) is 0 Å². The molecule has 4 nitrogen and oxygen atoms in total. The predicted molar refractivity (Wildman–Crippen MR) is 81.0 cm³/mol. The molecule has 3 N–H and O–H groups in total. The van der Waals surface area contributed by atoms with Crippen molar-refractivity contribution in [1.82, 2.24) is 10.4 Å². The molecular formula is C16H27N3O. The molecule has 2 unspecified atom stereocenters. The molecule has 1 aromatic heterocycles. The number of pyridine rings is 1. The summed E-state index contributed by atoms with van der Waals surface area (Å²) in [6.07, 6.45) is 5.72. The van der Waals surface area contributed by atoms with Crippen molar-refractivity contribution < 1.29 is 4.74 Å². The third-order valence-electron chi connectivity index (χ3n) is 4.38. The van der Waals surface area contributed by atoms with Crippen molar-refractivity contribution in [2.24, 2.45) is 11.8 Å². The first-order valence-electron chi connectivity index (χ1n) is 7.40. The van der Waals surface area contributed by atoms with Crippen LogP contribution in [0.1, 0.15) is 58.2 Å². The van der Waals surface area contributed by atoms with E-state index in [-0.39, 0.29) is 17.2 Å². The number of aromatic nitrogens is 1. The van der Waals surface area contributed by atoms with Gasteiger partial charge in [-0.2, -0.15) is 0 Å². The fourth-order valence-corrected chi connectivity index (χ4v) is 3.58. The molecule has 4 heteroatoms. The number of hydrogen-bond donors (Lipinski definition) is 2. The topological polar surface area (TPSA) is 60.2 Å². The van der Waals surface area contributed by atoms with Crippen molar-refractivity contribution in [3.05, 3.63) is 29.6 Å². The van der Waals surface area contributed by atoms with E-state index >= 15 is 0 Å². The molecule has 1 aromatic rings. The van der Waals surface area contributed by atoms with Crippen LogP contribution in [0.25, 0.3) is 0 Å².